The Morgan fingerprint density at radius 1 is 0.941 bits per heavy atom. The summed E-state index contributed by atoms with van der Waals surface area (Å²) in [6.07, 6.45) is -3.34. The van der Waals surface area contributed by atoms with Crippen LogP contribution in [-0.4, -0.2) is 62.8 Å². The second kappa shape index (κ2) is 9.53. The first-order valence-corrected chi connectivity index (χ1v) is 12.5. The highest BCUT2D eigenvalue weighted by atomic mass is 32.2. The lowest BCUT2D eigenvalue weighted by atomic mass is 9.97. The van der Waals surface area contributed by atoms with Gasteiger partial charge in [-0.2, -0.15) is 17.5 Å². The van der Waals surface area contributed by atoms with E-state index in [0.29, 0.717) is 44.7 Å². The van der Waals surface area contributed by atoms with Crippen LogP contribution in [0.25, 0.3) is 0 Å². The fraction of sp³-hybridized carbons (Fsp3) is 0.435. The topological polar surface area (TPSA) is 60.9 Å². The molecule has 2 aromatic rings. The van der Waals surface area contributed by atoms with Crippen LogP contribution in [0.1, 0.15) is 18.4 Å². The van der Waals surface area contributed by atoms with Crippen LogP contribution in [0.4, 0.5) is 23.2 Å². The summed E-state index contributed by atoms with van der Waals surface area (Å²) < 4.78 is 79.4. The quantitative estimate of drug-likeness (QED) is 0.604. The monoisotopic (exact) mass is 499 g/mol. The molecule has 2 heterocycles. The van der Waals surface area contributed by atoms with E-state index < -0.39 is 33.5 Å². The third kappa shape index (κ3) is 5.20. The van der Waals surface area contributed by atoms with Gasteiger partial charge < -0.3 is 9.80 Å². The third-order valence-corrected chi connectivity index (χ3v) is 8.19. The molecule has 2 saturated heterocycles. The van der Waals surface area contributed by atoms with Crippen molar-refractivity contribution in [1.82, 2.24) is 9.21 Å². The second-order valence-corrected chi connectivity index (χ2v) is 10.5. The Balaban J connectivity index is 1.38. The average Bonchev–Trinajstić information content (AvgIpc) is 2.83. The van der Waals surface area contributed by atoms with Gasteiger partial charge in [0.1, 0.15) is 5.82 Å². The summed E-state index contributed by atoms with van der Waals surface area (Å²) in [6.45, 7) is 1.79. The number of piperazine rings is 1. The summed E-state index contributed by atoms with van der Waals surface area (Å²) in [4.78, 5) is 16.6. The van der Waals surface area contributed by atoms with Crippen molar-refractivity contribution in [2.75, 3.05) is 44.2 Å². The number of rotatable bonds is 4. The molecule has 34 heavy (non-hydrogen) atoms. The Hall–Kier alpha value is -2.66. The minimum absolute atomic E-state index is 0.0169. The van der Waals surface area contributed by atoms with Crippen molar-refractivity contribution in [2.45, 2.75) is 23.9 Å². The molecule has 2 fully saturated rings. The molecule has 2 aromatic carbocycles. The molecule has 0 aliphatic carbocycles. The smallest absolute Gasteiger partial charge is 0.368 e. The fourth-order valence-electron chi connectivity index (χ4n) is 4.44. The summed E-state index contributed by atoms with van der Waals surface area (Å²) in [7, 11) is -3.84. The Labute approximate surface area is 195 Å². The van der Waals surface area contributed by atoms with Crippen LogP contribution in [-0.2, 0) is 21.0 Å². The zero-order chi connectivity index (χ0) is 24.5. The van der Waals surface area contributed by atoms with E-state index in [9.17, 15) is 30.8 Å². The number of hydrogen-bond acceptors (Lipinski definition) is 4. The molecule has 1 unspecified atom stereocenters. The SMILES string of the molecule is O=C(C1CCCN(S(=O)(=O)c2ccc(F)cc2)C1)N1CCN(c2cccc(C(F)(F)F)c2)CC1. The van der Waals surface area contributed by atoms with Gasteiger partial charge in [-0.1, -0.05) is 6.07 Å². The van der Waals surface area contributed by atoms with Gasteiger partial charge in [-0.15, -0.1) is 0 Å². The van der Waals surface area contributed by atoms with Gasteiger partial charge in [0, 0.05) is 45.0 Å². The highest BCUT2D eigenvalue weighted by Crippen LogP contribution is 2.32. The molecule has 2 aliphatic rings. The number of alkyl halides is 3. The number of nitrogens with zero attached hydrogens (tertiary/aromatic N) is 3. The number of benzene rings is 2. The van der Waals surface area contributed by atoms with Crippen LogP contribution in [0.15, 0.2) is 53.4 Å². The van der Waals surface area contributed by atoms with Crippen LogP contribution >= 0.6 is 0 Å². The zero-order valence-corrected chi connectivity index (χ0v) is 19.2. The molecule has 0 radical (unpaired) electrons. The number of anilines is 1. The first kappa shape index (κ1) is 24.5. The number of sulfonamides is 1. The van der Waals surface area contributed by atoms with Crippen LogP contribution in [0.5, 0.6) is 0 Å². The molecular weight excluding hydrogens is 474 g/mol. The number of halogens is 4. The molecule has 1 atom stereocenters. The summed E-state index contributed by atoms with van der Waals surface area (Å²) in [6, 6.07) is 9.72. The number of carbonyl (C=O) groups excluding carboxylic acids is 1. The van der Waals surface area contributed by atoms with Crippen molar-refractivity contribution in [3.8, 4) is 0 Å². The fourth-order valence-corrected chi connectivity index (χ4v) is 5.96. The Bertz CT molecular complexity index is 1130. The third-order valence-electron chi connectivity index (χ3n) is 6.31. The lowest BCUT2D eigenvalue weighted by Gasteiger charge is -2.39. The Morgan fingerprint density at radius 2 is 1.62 bits per heavy atom. The number of carbonyl (C=O) groups is 1. The van der Waals surface area contributed by atoms with Crippen molar-refractivity contribution in [2.24, 2.45) is 5.92 Å². The zero-order valence-electron chi connectivity index (χ0n) is 18.3. The maximum absolute atomic E-state index is 13.2. The summed E-state index contributed by atoms with van der Waals surface area (Å²) in [5.74, 6) is -1.18. The van der Waals surface area contributed by atoms with Crippen molar-refractivity contribution in [3.63, 3.8) is 0 Å². The molecule has 2 aliphatic heterocycles. The predicted molar refractivity (Wildman–Crippen MR) is 118 cm³/mol. The highest BCUT2D eigenvalue weighted by Gasteiger charge is 2.36. The van der Waals surface area contributed by atoms with Gasteiger partial charge in [-0.25, -0.2) is 12.8 Å². The summed E-state index contributed by atoms with van der Waals surface area (Å²) in [5, 5.41) is 0. The van der Waals surface area contributed by atoms with E-state index in [1.54, 1.807) is 11.0 Å². The number of amides is 1. The molecule has 0 aromatic heterocycles. The minimum Gasteiger partial charge on any atom is -0.368 e. The average molecular weight is 500 g/mol. The van der Waals surface area contributed by atoms with Gasteiger partial charge in [0.05, 0.1) is 16.4 Å². The first-order chi connectivity index (χ1) is 16.1. The number of hydrogen-bond donors (Lipinski definition) is 0. The van der Waals surface area contributed by atoms with Crippen molar-refractivity contribution >= 4 is 21.6 Å². The van der Waals surface area contributed by atoms with Gasteiger partial charge in [0.15, 0.2) is 0 Å². The minimum atomic E-state index is -4.42. The molecule has 4 rings (SSSR count). The van der Waals surface area contributed by atoms with Gasteiger partial charge in [-0.3, -0.25) is 4.79 Å². The molecular formula is C23H25F4N3O3S. The molecule has 0 bridgehead atoms. The van der Waals surface area contributed by atoms with Crippen LogP contribution in [0.3, 0.4) is 0 Å². The Kier molecular flexibility index (Phi) is 6.86. The predicted octanol–water partition coefficient (Wildman–Crippen LogP) is 3.59. The van der Waals surface area contributed by atoms with Gasteiger partial charge in [-0.05, 0) is 55.3 Å². The lowest BCUT2D eigenvalue weighted by Crippen LogP contribution is -2.53. The van der Waals surface area contributed by atoms with Gasteiger partial charge in [0.25, 0.3) is 0 Å². The van der Waals surface area contributed by atoms with Crippen LogP contribution in [0.2, 0.25) is 0 Å². The first-order valence-electron chi connectivity index (χ1n) is 11.0. The standard InChI is InChI=1S/C23H25F4N3O3S/c24-19-6-8-21(9-7-19)34(32,33)30-10-2-3-17(16-30)22(31)29-13-11-28(12-14-29)20-5-1-4-18(15-20)23(25,26)27/h1,4-9,15,17H,2-3,10-14,16H2. The molecule has 184 valence electrons. The molecule has 0 N–H and O–H groups in total. The van der Waals surface area contributed by atoms with E-state index in [4.69, 9.17) is 0 Å². The highest BCUT2D eigenvalue weighted by molar-refractivity contribution is 7.89. The number of piperidine rings is 1. The maximum atomic E-state index is 13.2. The van der Waals surface area contributed by atoms with Crippen molar-refractivity contribution in [3.05, 3.63) is 59.9 Å². The van der Waals surface area contributed by atoms with E-state index in [2.05, 4.69) is 0 Å². The molecule has 6 nitrogen and oxygen atoms in total. The van der Waals surface area contributed by atoms with E-state index in [-0.39, 0.29) is 23.9 Å². The van der Waals surface area contributed by atoms with Gasteiger partial charge in [0.2, 0.25) is 15.9 Å². The maximum Gasteiger partial charge on any atom is 0.416 e. The van der Waals surface area contributed by atoms with E-state index in [0.717, 1.165) is 24.3 Å². The molecule has 0 spiro atoms. The molecule has 0 saturated carbocycles. The second-order valence-electron chi connectivity index (χ2n) is 8.52. The van der Waals surface area contributed by atoms with Crippen LogP contribution < -0.4 is 4.90 Å². The molecule has 11 heteroatoms. The lowest BCUT2D eigenvalue weighted by molar-refractivity contribution is -0.137. The summed E-state index contributed by atoms with van der Waals surface area (Å²) >= 11 is 0. The van der Waals surface area contributed by atoms with Crippen molar-refractivity contribution < 1.29 is 30.8 Å². The Morgan fingerprint density at radius 3 is 2.26 bits per heavy atom. The van der Waals surface area contributed by atoms with E-state index in [1.165, 1.54) is 22.5 Å². The van der Waals surface area contributed by atoms with E-state index in [1.807, 2.05) is 4.90 Å². The summed E-state index contributed by atoms with van der Waals surface area (Å²) in [5.41, 5.74) is -0.260. The van der Waals surface area contributed by atoms with E-state index >= 15 is 0 Å². The van der Waals surface area contributed by atoms with Crippen molar-refractivity contribution in [1.29, 1.82) is 0 Å². The molecule has 1 amide bonds. The normalized spacial score (nSPS) is 20.4. The van der Waals surface area contributed by atoms with Crippen LogP contribution in [0, 0.1) is 11.7 Å². The largest absolute Gasteiger partial charge is 0.416 e. The van der Waals surface area contributed by atoms with Gasteiger partial charge >= 0.3 is 6.18 Å².